The molecule has 0 radical (unpaired) electrons. The average molecular weight is 1060 g/mol. The Morgan fingerprint density at radius 1 is 0.773 bits per heavy atom. The number of nitrogens with zero attached hydrogens (tertiary/aromatic N) is 1. The molecule has 8 atom stereocenters. The molecular formula is C47H80N16O12. The van der Waals surface area contributed by atoms with Crippen LogP contribution in [0.4, 0.5) is 0 Å². The van der Waals surface area contributed by atoms with Crippen molar-refractivity contribution in [3.63, 3.8) is 0 Å². The van der Waals surface area contributed by atoms with Gasteiger partial charge in [0.1, 0.15) is 47.7 Å². The number of guanidine groups is 1. The third-order valence-electron chi connectivity index (χ3n) is 12.0. The minimum absolute atomic E-state index is 0.0454. The Bertz CT molecular complexity index is 2100. The highest BCUT2D eigenvalue weighted by Crippen LogP contribution is 2.21. The van der Waals surface area contributed by atoms with Crippen LogP contribution in [-0.4, -0.2) is 176 Å². The second-order valence-electron chi connectivity index (χ2n) is 17.9. The Balaban J connectivity index is 2.27. The maximum atomic E-state index is 14.3. The van der Waals surface area contributed by atoms with E-state index in [4.69, 9.17) is 44.5 Å². The lowest BCUT2D eigenvalue weighted by Gasteiger charge is -2.30. The third-order valence-corrected chi connectivity index (χ3v) is 12.0. The van der Waals surface area contributed by atoms with E-state index in [0.29, 0.717) is 50.0 Å². The molecule has 1 aliphatic rings. The Morgan fingerprint density at radius 3 is 2.01 bits per heavy atom. The van der Waals surface area contributed by atoms with Crippen molar-refractivity contribution >= 4 is 59.2 Å². The lowest BCUT2D eigenvalue weighted by atomic mass is 10.0. The number of nitrogens with two attached hydrogens (primary N) is 6. The molecule has 1 aliphatic heterocycles. The first kappa shape index (κ1) is 64.1. The van der Waals surface area contributed by atoms with Gasteiger partial charge in [-0.1, -0.05) is 24.6 Å². The van der Waals surface area contributed by atoms with Crippen molar-refractivity contribution in [2.24, 2.45) is 34.4 Å². The summed E-state index contributed by atoms with van der Waals surface area (Å²) < 4.78 is 5.26. The average Bonchev–Trinajstić information content (AvgIpc) is 3.88. The highest BCUT2D eigenvalue weighted by atomic mass is 16.5. The summed E-state index contributed by atoms with van der Waals surface area (Å²) in [5.41, 5.74) is 33.9. The number of hydrogen-bond donors (Lipinski definition) is 17. The number of hydrogen-bond acceptors (Lipinski definition) is 17. The Kier molecular flexibility index (Phi) is 29.5. The fourth-order valence-electron chi connectivity index (χ4n) is 7.73. The number of ether oxygens (including phenoxy) is 1. The quantitative estimate of drug-likeness (QED) is 0.0130. The molecule has 1 saturated heterocycles. The van der Waals surface area contributed by atoms with E-state index >= 15 is 0 Å². The predicted molar refractivity (Wildman–Crippen MR) is 275 cm³/mol. The molecule has 1 fully saturated rings. The monoisotopic (exact) mass is 1060 g/mol. The molecule has 1 heterocycles. The van der Waals surface area contributed by atoms with Crippen LogP contribution >= 0.6 is 0 Å². The van der Waals surface area contributed by atoms with E-state index < -0.39 is 120 Å². The number of carboxylic acids is 1. The molecule has 28 heteroatoms. The van der Waals surface area contributed by atoms with Gasteiger partial charge in [-0.3, -0.25) is 43.8 Å². The van der Waals surface area contributed by atoms with E-state index in [1.54, 1.807) is 24.3 Å². The highest BCUT2D eigenvalue weighted by molar-refractivity contribution is 5.99. The van der Waals surface area contributed by atoms with E-state index in [-0.39, 0.29) is 77.1 Å². The van der Waals surface area contributed by atoms with Gasteiger partial charge in [0, 0.05) is 26.1 Å². The molecular weight excluding hydrogens is 981 g/mol. The fourth-order valence-corrected chi connectivity index (χ4v) is 7.73. The zero-order valence-corrected chi connectivity index (χ0v) is 42.8. The van der Waals surface area contributed by atoms with Crippen LogP contribution in [0.2, 0.25) is 0 Å². The number of rotatable bonds is 35. The van der Waals surface area contributed by atoms with Gasteiger partial charge in [-0.05, 0) is 108 Å². The normalized spacial score (nSPS) is 16.1. The van der Waals surface area contributed by atoms with Crippen molar-refractivity contribution < 1.29 is 58.1 Å². The molecule has 420 valence electrons. The van der Waals surface area contributed by atoms with Gasteiger partial charge in [-0.2, -0.15) is 0 Å². The number of likely N-dealkylation sites (tertiary alicyclic amines) is 1. The van der Waals surface area contributed by atoms with Crippen molar-refractivity contribution in [2.45, 2.75) is 132 Å². The van der Waals surface area contributed by atoms with E-state index in [1.807, 2.05) is 0 Å². The van der Waals surface area contributed by atoms with Crippen LogP contribution in [0, 0.1) is 5.41 Å². The fraction of sp³-hybridized carbons (Fsp3) is 0.617. The molecule has 0 saturated carbocycles. The van der Waals surface area contributed by atoms with Crippen molar-refractivity contribution in [1.82, 2.24) is 47.4 Å². The molecule has 0 aliphatic carbocycles. The van der Waals surface area contributed by atoms with Gasteiger partial charge >= 0.3 is 5.97 Å². The van der Waals surface area contributed by atoms with Crippen molar-refractivity contribution in [1.29, 1.82) is 5.41 Å². The molecule has 1 aromatic carbocycles. The smallest absolute Gasteiger partial charge is 0.352 e. The molecule has 2 rings (SSSR count). The minimum Gasteiger partial charge on any atom is -0.497 e. The number of aliphatic hydroxyl groups is 1. The van der Waals surface area contributed by atoms with E-state index in [0.717, 1.165) is 0 Å². The standard InChI is InChI=1S/C47H80N16O12/c1-27(57-44(71)38(36(64)25-51)62-40(67)30(52)10-3-5-19-48)39(66)56-26-37(65)58-32(12-7-21-50)45(72)63-23-9-14-35(63)43(70)61-34(24-28-15-17-29(75-2)18-16-28)42(69)59-31(11-4-6-20-49)41(68)60-33(46(73)74)13-8-22-55-47(53)54/h13,15-18,27,30-32,34-36,38,64H,3-12,14,19-26,48-52H2,1-2H3,(H,56,66)(H,57,71)(H,58,65)(H,59,69)(H,60,68)(H,61,70)(H,62,67)(H,73,74)(H4,53,54,55)/b33-13-/t27-,30-,31-,32+,34-,35-,36-,38-/m0/s1. The summed E-state index contributed by atoms with van der Waals surface area (Å²) in [6, 6.07) is -2.17. The number of aliphatic hydroxyl groups excluding tert-OH is 1. The molecule has 75 heavy (non-hydrogen) atoms. The van der Waals surface area contributed by atoms with Crippen LogP contribution in [0.1, 0.15) is 83.1 Å². The predicted octanol–water partition coefficient (Wildman–Crippen LogP) is -5.61. The first-order chi connectivity index (χ1) is 35.7. The van der Waals surface area contributed by atoms with Crippen molar-refractivity contribution in [3.05, 3.63) is 41.6 Å². The molecule has 0 unspecified atom stereocenters. The third kappa shape index (κ3) is 23.0. The lowest BCUT2D eigenvalue weighted by molar-refractivity contribution is -0.142. The SMILES string of the molecule is COc1ccc(C[C@H](NC(=O)[C@@H]2CCCN2C(=O)[C@@H](CCCN)NC(=O)CNC(=O)[C@H](C)NC(=O)[C@@H](NC(=O)[C@@H](N)CCCCN)[C@@H](O)CN)C(=O)N[C@@H](CCCCN)C(=O)N/C(=C\CCNC(=N)N)C(=O)O)cc1. The molecule has 23 N–H and O–H groups in total. The number of benzene rings is 1. The van der Waals surface area contributed by atoms with Gasteiger partial charge in [-0.25, -0.2) is 4.79 Å². The van der Waals surface area contributed by atoms with Gasteiger partial charge in [-0.15, -0.1) is 0 Å². The van der Waals surface area contributed by atoms with Crippen LogP contribution in [0.25, 0.3) is 0 Å². The second kappa shape index (κ2) is 34.5. The van der Waals surface area contributed by atoms with Gasteiger partial charge < -0.3 is 96.8 Å². The first-order valence-corrected chi connectivity index (χ1v) is 25.0. The van der Waals surface area contributed by atoms with E-state index in [1.165, 1.54) is 25.0 Å². The summed E-state index contributed by atoms with van der Waals surface area (Å²) in [7, 11) is 1.48. The molecule has 28 nitrogen and oxygen atoms in total. The van der Waals surface area contributed by atoms with Crippen molar-refractivity contribution in [3.8, 4) is 5.75 Å². The lowest BCUT2D eigenvalue weighted by Crippen LogP contribution is -2.60. The first-order valence-electron chi connectivity index (χ1n) is 25.0. The molecule has 1 aromatic rings. The maximum absolute atomic E-state index is 14.3. The number of carboxylic acid groups (broad SMARTS) is 1. The Morgan fingerprint density at radius 2 is 1.41 bits per heavy atom. The summed E-state index contributed by atoms with van der Waals surface area (Å²) in [5, 5.41) is 47.5. The summed E-state index contributed by atoms with van der Waals surface area (Å²) in [6.45, 7) is 1.23. The molecule has 0 bridgehead atoms. The minimum atomic E-state index is -1.57. The summed E-state index contributed by atoms with van der Waals surface area (Å²) in [6.07, 6.45) is 2.84. The number of carbonyl (C=O) groups is 9. The number of carbonyl (C=O) groups excluding carboxylic acids is 8. The van der Waals surface area contributed by atoms with Crippen LogP contribution < -0.4 is 81.7 Å². The van der Waals surface area contributed by atoms with E-state index in [2.05, 4.69) is 42.5 Å². The number of aliphatic carboxylic acids is 1. The van der Waals surface area contributed by atoms with Crippen LogP contribution in [0.3, 0.4) is 0 Å². The van der Waals surface area contributed by atoms with Gasteiger partial charge in [0.05, 0.1) is 25.8 Å². The summed E-state index contributed by atoms with van der Waals surface area (Å²) in [5.74, 6) is -7.59. The van der Waals surface area contributed by atoms with Crippen LogP contribution in [0.5, 0.6) is 5.75 Å². The summed E-state index contributed by atoms with van der Waals surface area (Å²) in [4.78, 5) is 122. The summed E-state index contributed by atoms with van der Waals surface area (Å²) >= 11 is 0. The van der Waals surface area contributed by atoms with E-state index in [9.17, 15) is 53.4 Å². The number of methoxy groups -OCH3 is 1. The van der Waals surface area contributed by atoms with Gasteiger partial charge in [0.15, 0.2) is 5.96 Å². The van der Waals surface area contributed by atoms with Gasteiger partial charge in [0.2, 0.25) is 47.3 Å². The van der Waals surface area contributed by atoms with Crippen molar-refractivity contribution in [2.75, 3.05) is 52.9 Å². The van der Waals surface area contributed by atoms with Crippen LogP contribution in [-0.2, 0) is 49.6 Å². The number of amides is 8. The molecule has 8 amide bonds. The van der Waals surface area contributed by atoms with Gasteiger partial charge in [0.25, 0.3) is 0 Å². The Labute approximate surface area is 436 Å². The van der Waals surface area contributed by atoms with Crippen LogP contribution in [0.15, 0.2) is 36.0 Å². The highest BCUT2D eigenvalue weighted by Gasteiger charge is 2.39. The number of unbranched alkanes of at least 4 members (excludes halogenated alkanes) is 2. The zero-order chi connectivity index (χ0) is 56.0. The second-order valence-corrected chi connectivity index (χ2v) is 17.9. The maximum Gasteiger partial charge on any atom is 0.352 e. The number of nitrogens with one attached hydrogen (secondary N) is 9. The molecule has 0 aromatic heterocycles. The Hall–Kier alpha value is -6.98. The molecule has 0 spiro atoms. The topological polar surface area (TPSA) is 483 Å². The largest absolute Gasteiger partial charge is 0.497 e. The zero-order valence-electron chi connectivity index (χ0n) is 42.8.